The number of aromatic nitrogens is 1. The number of nitrogens with zero attached hydrogens (tertiary/aromatic N) is 2. The van der Waals surface area contributed by atoms with Crippen LogP contribution in [-0.4, -0.2) is 53.5 Å². The highest BCUT2D eigenvalue weighted by atomic mass is 16.5. The maximum absolute atomic E-state index is 11.7. The second kappa shape index (κ2) is 9.09. The van der Waals surface area contributed by atoms with Gasteiger partial charge in [-0.2, -0.15) is 0 Å². The lowest BCUT2D eigenvalue weighted by Crippen LogP contribution is -2.35. The van der Waals surface area contributed by atoms with Crippen LogP contribution in [0.3, 0.4) is 0 Å². The fraction of sp³-hybridized carbons (Fsp3) is 0.318. The van der Waals surface area contributed by atoms with Gasteiger partial charge in [-0.05, 0) is 29.7 Å². The van der Waals surface area contributed by atoms with Crippen molar-refractivity contribution in [3.05, 3.63) is 65.9 Å². The molecule has 1 fully saturated rings. The summed E-state index contributed by atoms with van der Waals surface area (Å²) in [7, 11) is 0. The minimum atomic E-state index is -0.520. The molecule has 1 aliphatic heterocycles. The molecule has 2 heterocycles. The van der Waals surface area contributed by atoms with Gasteiger partial charge >= 0.3 is 0 Å². The molecule has 4 rings (SSSR count). The van der Waals surface area contributed by atoms with Gasteiger partial charge in [-0.1, -0.05) is 24.3 Å². The zero-order valence-corrected chi connectivity index (χ0v) is 16.2. The van der Waals surface area contributed by atoms with Gasteiger partial charge in [0.15, 0.2) is 0 Å². The molecule has 0 saturated carbocycles. The molecule has 0 aliphatic carbocycles. The fourth-order valence-electron chi connectivity index (χ4n) is 3.61. The molecule has 3 aromatic rings. The van der Waals surface area contributed by atoms with Crippen molar-refractivity contribution in [2.45, 2.75) is 13.1 Å². The Kier molecular flexibility index (Phi) is 6.09. The number of rotatable bonds is 7. The van der Waals surface area contributed by atoms with E-state index >= 15 is 0 Å². The summed E-state index contributed by atoms with van der Waals surface area (Å²) in [5.41, 5.74) is 4.19. The SMILES string of the molecule is O=C(NO)c1ccc2ccn(CCOc3ccccc3CN3CCOCC3)c2c1. The van der Waals surface area contributed by atoms with Crippen molar-refractivity contribution in [3.8, 4) is 5.75 Å². The number of morpholine rings is 1. The van der Waals surface area contributed by atoms with Crippen molar-refractivity contribution in [1.29, 1.82) is 0 Å². The van der Waals surface area contributed by atoms with Crippen LogP contribution in [0.5, 0.6) is 5.75 Å². The Morgan fingerprint density at radius 1 is 1.14 bits per heavy atom. The largest absolute Gasteiger partial charge is 0.491 e. The summed E-state index contributed by atoms with van der Waals surface area (Å²) in [5, 5.41) is 9.89. The third-order valence-corrected chi connectivity index (χ3v) is 5.20. The molecule has 1 saturated heterocycles. The Morgan fingerprint density at radius 3 is 2.79 bits per heavy atom. The van der Waals surface area contributed by atoms with E-state index in [9.17, 15) is 4.79 Å². The van der Waals surface area contributed by atoms with Crippen LogP contribution in [0.2, 0.25) is 0 Å². The van der Waals surface area contributed by atoms with Crippen LogP contribution in [0.1, 0.15) is 15.9 Å². The van der Waals surface area contributed by atoms with Gasteiger partial charge in [0.2, 0.25) is 0 Å². The van der Waals surface area contributed by atoms with E-state index < -0.39 is 5.91 Å². The molecule has 7 heteroatoms. The van der Waals surface area contributed by atoms with E-state index in [1.807, 2.05) is 41.1 Å². The number of carbonyl (C=O) groups is 1. The molecular weight excluding hydrogens is 370 g/mol. The molecule has 1 amide bonds. The normalized spacial score (nSPS) is 14.8. The molecule has 2 N–H and O–H groups in total. The van der Waals surface area contributed by atoms with Crippen molar-refractivity contribution in [1.82, 2.24) is 14.9 Å². The maximum atomic E-state index is 11.7. The second-order valence-corrected chi connectivity index (χ2v) is 7.07. The van der Waals surface area contributed by atoms with Crippen molar-refractivity contribution in [2.75, 3.05) is 32.9 Å². The van der Waals surface area contributed by atoms with Crippen LogP contribution >= 0.6 is 0 Å². The van der Waals surface area contributed by atoms with Crippen LogP contribution < -0.4 is 10.2 Å². The van der Waals surface area contributed by atoms with E-state index in [0.29, 0.717) is 18.7 Å². The van der Waals surface area contributed by atoms with Gasteiger partial charge in [0.1, 0.15) is 12.4 Å². The molecule has 1 aromatic heterocycles. The van der Waals surface area contributed by atoms with E-state index in [1.165, 1.54) is 5.56 Å². The van der Waals surface area contributed by atoms with Gasteiger partial charge in [-0.25, -0.2) is 5.48 Å². The highest BCUT2D eigenvalue weighted by Crippen LogP contribution is 2.21. The van der Waals surface area contributed by atoms with Crippen molar-refractivity contribution < 1.29 is 19.5 Å². The Bertz CT molecular complexity index is 979. The lowest BCUT2D eigenvalue weighted by Gasteiger charge is -2.27. The van der Waals surface area contributed by atoms with Crippen LogP contribution in [-0.2, 0) is 17.8 Å². The van der Waals surface area contributed by atoms with Crippen molar-refractivity contribution in [3.63, 3.8) is 0 Å². The van der Waals surface area contributed by atoms with Crippen molar-refractivity contribution >= 4 is 16.8 Å². The molecule has 152 valence electrons. The summed E-state index contributed by atoms with van der Waals surface area (Å²) < 4.78 is 13.6. The molecule has 0 bridgehead atoms. The first-order valence-electron chi connectivity index (χ1n) is 9.79. The Hall–Kier alpha value is -2.87. The Morgan fingerprint density at radius 2 is 1.97 bits per heavy atom. The van der Waals surface area contributed by atoms with Crippen LogP contribution in [0.25, 0.3) is 10.9 Å². The number of hydrogen-bond acceptors (Lipinski definition) is 5. The van der Waals surface area contributed by atoms with Crippen LogP contribution in [0.15, 0.2) is 54.7 Å². The number of para-hydroxylation sites is 1. The molecule has 0 atom stereocenters. The molecule has 0 spiro atoms. The van der Waals surface area contributed by atoms with Crippen molar-refractivity contribution in [2.24, 2.45) is 0 Å². The van der Waals surface area contributed by atoms with Gasteiger partial charge in [-0.15, -0.1) is 0 Å². The average Bonchev–Trinajstić information content (AvgIpc) is 3.17. The Balaban J connectivity index is 1.42. The van der Waals surface area contributed by atoms with E-state index in [4.69, 9.17) is 14.7 Å². The van der Waals surface area contributed by atoms with Gasteiger partial charge in [0.25, 0.3) is 5.91 Å². The topological polar surface area (TPSA) is 76.0 Å². The maximum Gasteiger partial charge on any atom is 0.274 e. The molecule has 2 aromatic carbocycles. The summed E-state index contributed by atoms with van der Waals surface area (Å²) in [6.45, 7) is 5.45. The minimum absolute atomic E-state index is 0.414. The van der Waals surface area contributed by atoms with E-state index in [2.05, 4.69) is 11.0 Å². The first-order chi connectivity index (χ1) is 14.2. The highest BCUT2D eigenvalue weighted by Gasteiger charge is 2.13. The Labute approximate surface area is 169 Å². The predicted octanol–water partition coefficient (Wildman–Crippen LogP) is 2.67. The third-order valence-electron chi connectivity index (χ3n) is 5.20. The van der Waals surface area contributed by atoms with Gasteiger partial charge in [0.05, 0.1) is 19.8 Å². The van der Waals surface area contributed by atoms with Gasteiger partial charge in [-0.3, -0.25) is 14.9 Å². The number of hydroxylamine groups is 1. The lowest BCUT2D eigenvalue weighted by atomic mass is 10.1. The quantitative estimate of drug-likeness (QED) is 0.475. The zero-order chi connectivity index (χ0) is 20.1. The summed E-state index contributed by atoms with van der Waals surface area (Å²) in [5.74, 6) is 0.378. The molecule has 1 aliphatic rings. The number of hydrogen-bond donors (Lipinski definition) is 2. The number of benzene rings is 2. The fourth-order valence-corrected chi connectivity index (χ4v) is 3.61. The molecular formula is C22H25N3O4. The number of amides is 1. The summed E-state index contributed by atoms with van der Waals surface area (Å²) in [6.07, 6.45) is 1.98. The molecule has 29 heavy (non-hydrogen) atoms. The van der Waals surface area contributed by atoms with E-state index in [0.717, 1.165) is 49.5 Å². The average molecular weight is 395 g/mol. The zero-order valence-electron chi connectivity index (χ0n) is 16.2. The second-order valence-electron chi connectivity index (χ2n) is 7.07. The molecule has 7 nitrogen and oxygen atoms in total. The first-order valence-corrected chi connectivity index (χ1v) is 9.79. The monoisotopic (exact) mass is 395 g/mol. The standard InChI is InChI=1S/C22H25N3O4/c26-22(23-27)18-6-5-17-7-8-25(20(17)15-18)11-14-29-21-4-2-1-3-19(21)16-24-9-12-28-13-10-24/h1-8,15,27H,9-14,16H2,(H,23,26). The number of nitrogens with one attached hydrogen (secondary N) is 1. The number of fused-ring (bicyclic) bond motifs is 1. The van der Waals surface area contributed by atoms with Gasteiger partial charge < -0.3 is 14.0 Å². The lowest BCUT2D eigenvalue weighted by molar-refractivity contribution is 0.0338. The summed E-state index contributed by atoms with van der Waals surface area (Å²) in [4.78, 5) is 14.1. The van der Waals surface area contributed by atoms with E-state index in [-0.39, 0.29) is 0 Å². The van der Waals surface area contributed by atoms with Crippen LogP contribution in [0.4, 0.5) is 0 Å². The van der Waals surface area contributed by atoms with Gasteiger partial charge in [0, 0.05) is 42.5 Å². The third kappa shape index (κ3) is 4.59. The molecule has 0 unspecified atom stereocenters. The summed E-state index contributed by atoms with van der Waals surface area (Å²) in [6, 6.07) is 15.5. The highest BCUT2D eigenvalue weighted by molar-refractivity contribution is 5.97. The van der Waals surface area contributed by atoms with E-state index in [1.54, 1.807) is 17.6 Å². The molecule has 0 radical (unpaired) electrons. The number of carbonyl (C=O) groups excluding carboxylic acids is 1. The van der Waals surface area contributed by atoms with Crippen LogP contribution in [0, 0.1) is 0 Å². The minimum Gasteiger partial charge on any atom is -0.491 e. The first kappa shape index (κ1) is 19.4. The summed E-state index contributed by atoms with van der Waals surface area (Å²) >= 11 is 0. The number of ether oxygens (including phenoxy) is 2. The predicted molar refractivity (Wildman–Crippen MR) is 109 cm³/mol. The smallest absolute Gasteiger partial charge is 0.274 e.